The van der Waals surface area contributed by atoms with Gasteiger partial charge in [0.2, 0.25) is 11.8 Å². The summed E-state index contributed by atoms with van der Waals surface area (Å²) in [4.78, 5) is 29.2. The number of anilines is 1. The minimum atomic E-state index is -0.282. The second kappa shape index (κ2) is 8.40. The first kappa shape index (κ1) is 19.8. The lowest BCUT2D eigenvalue weighted by Crippen LogP contribution is -2.42. The highest BCUT2D eigenvalue weighted by molar-refractivity contribution is 6.01. The first-order valence-corrected chi connectivity index (χ1v) is 9.84. The second-order valence-electron chi connectivity index (χ2n) is 8.42. The van der Waals surface area contributed by atoms with Crippen LogP contribution in [0.25, 0.3) is 0 Å². The average Bonchev–Trinajstić information content (AvgIpc) is 3.03. The molecule has 0 radical (unpaired) electrons. The van der Waals surface area contributed by atoms with Crippen molar-refractivity contribution in [1.29, 1.82) is 0 Å². The van der Waals surface area contributed by atoms with E-state index in [1.807, 2.05) is 18.2 Å². The molecule has 1 N–H and O–H groups in total. The van der Waals surface area contributed by atoms with E-state index in [9.17, 15) is 9.59 Å². The Morgan fingerprint density at radius 1 is 1.22 bits per heavy atom. The molecule has 1 atom stereocenters. The fraction of sp³-hybridized carbons (Fsp3) is 0.619. The first-order valence-electron chi connectivity index (χ1n) is 9.84. The predicted octanol–water partition coefficient (Wildman–Crippen LogP) is 1.79. The van der Waals surface area contributed by atoms with Gasteiger partial charge in [-0.1, -0.05) is 39.0 Å². The van der Waals surface area contributed by atoms with Gasteiger partial charge in [0.1, 0.15) is 0 Å². The monoisotopic (exact) mass is 373 g/mol. The summed E-state index contributed by atoms with van der Waals surface area (Å²) in [6.07, 6.45) is 0.280. The van der Waals surface area contributed by atoms with Gasteiger partial charge >= 0.3 is 0 Å². The van der Waals surface area contributed by atoms with Crippen LogP contribution >= 0.6 is 0 Å². The molecule has 0 bridgehead atoms. The smallest absolute Gasteiger partial charge is 0.227 e. The highest BCUT2D eigenvalue weighted by Crippen LogP contribution is 2.35. The van der Waals surface area contributed by atoms with Crippen LogP contribution in [0.1, 0.15) is 32.8 Å². The van der Waals surface area contributed by atoms with E-state index in [0.29, 0.717) is 13.1 Å². The van der Waals surface area contributed by atoms with Crippen LogP contribution in [0.5, 0.6) is 0 Å². The largest absolute Gasteiger partial charge is 0.379 e. The van der Waals surface area contributed by atoms with Crippen LogP contribution < -0.4 is 10.2 Å². The van der Waals surface area contributed by atoms with E-state index in [4.69, 9.17) is 4.74 Å². The number of amides is 2. The Morgan fingerprint density at radius 2 is 1.93 bits per heavy atom. The van der Waals surface area contributed by atoms with Crippen molar-refractivity contribution in [3.05, 3.63) is 29.8 Å². The standard InChI is InChI=1S/C21H31N3O3/c1-21(2,3)17-6-4-5-7-18(17)24-15-16(14-19(24)25)20(26)22-8-9-23-10-12-27-13-11-23/h4-7,16H,8-15H2,1-3H3,(H,22,26). The van der Waals surface area contributed by atoms with E-state index in [1.54, 1.807) is 4.90 Å². The summed E-state index contributed by atoms with van der Waals surface area (Å²) in [6, 6.07) is 8.00. The molecule has 6 heteroatoms. The molecule has 2 aliphatic heterocycles. The molecule has 148 valence electrons. The lowest BCUT2D eigenvalue weighted by atomic mass is 9.85. The minimum absolute atomic E-state index is 0.0210. The molecule has 3 rings (SSSR count). The molecule has 2 heterocycles. The van der Waals surface area contributed by atoms with Gasteiger partial charge in [0, 0.05) is 44.8 Å². The van der Waals surface area contributed by atoms with Crippen LogP contribution in [-0.2, 0) is 19.7 Å². The zero-order valence-corrected chi connectivity index (χ0v) is 16.7. The molecule has 0 saturated carbocycles. The van der Waals surface area contributed by atoms with Gasteiger partial charge in [0.15, 0.2) is 0 Å². The Hall–Kier alpha value is -1.92. The van der Waals surface area contributed by atoms with E-state index < -0.39 is 0 Å². The summed E-state index contributed by atoms with van der Waals surface area (Å²) < 4.78 is 5.34. The summed E-state index contributed by atoms with van der Waals surface area (Å²) >= 11 is 0. The average molecular weight is 373 g/mol. The molecule has 2 amide bonds. The van der Waals surface area contributed by atoms with E-state index in [2.05, 4.69) is 37.1 Å². The molecule has 2 aliphatic rings. The van der Waals surface area contributed by atoms with Gasteiger partial charge in [-0.2, -0.15) is 0 Å². The van der Waals surface area contributed by atoms with Crippen LogP contribution in [-0.4, -0.2) is 62.7 Å². The van der Waals surface area contributed by atoms with E-state index in [0.717, 1.165) is 44.1 Å². The molecule has 2 saturated heterocycles. The quantitative estimate of drug-likeness (QED) is 0.855. The van der Waals surface area contributed by atoms with E-state index in [-0.39, 0.29) is 29.6 Å². The molecule has 0 aliphatic carbocycles. The van der Waals surface area contributed by atoms with Crippen molar-refractivity contribution in [1.82, 2.24) is 10.2 Å². The van der Waals surface area contributed by atoms with Crippen molar-refractivity contribution in [2.24, 2.45) is 5.92 Å². The van der Waals surface area contributed by atoms with Crippen LogP contribution in [0.4, 0.5) is 5.69 Å². The fourth-order valence-electron chi connectivity index (χ4n) is 3.77. The number of nitrogens with one attached hydrogen (secondary N) is 1. The summed E-state index contributed by atoms with van der Waals surface area (Å²) in [5.74, 6) is -0.275. The van der Waals surface area contributed by atoms with Gasteiger partial charge in [-0.25, -0.2) is 0 Å². The van der Waals surface area contributed by atoms with Crippen LogP contribution in [0.2, 0.25) is 0 Å². The van der Waals surface area contributed by atoms with Gasteiger partial charge in [-0.3, -0.25) is 14.5 Å². The number of nitrogens with zero attached hydrogens (tertiary/aromatic N) is 2. The third-order valence-corrected chi connectivity index (χ3v) is 5.33. The van der Waals surface area contributed by atoms with E-state index in [1.165, 1.54) is 0 Å². The molecule has 27 heavy (non-hydrogen) atoms. The van der Waals surface area contributed by atoms with Crippen molar-refractivity contribution in [3.8, 4) is 0 Å². The van der Waals surface area contributed by atoms with Crippen molar-refractivity contribution < 1.29 is 14.3 Å². The summed E-state index contributed by atoms with van der Waals surface area (Å²) in [5, 5.41) is 3.01. The molecule has 2 fully saturated rings. The van der Waals surface area contributed by atoms with Gasteiger partial charge in [-0.05, 0) is 17.0 Å². The van der Waals surface area contributed by atoms with Crippen molar-refractivity contribution in [3.63, 3.8) is 0 Å². The summed E-state index contributed by atoms with van der Waals surface area (Å²) in [7, 11) is 0. The maximum atomic E-state index is 12.6. The maximum absolute atomic E-state index is 12.6. The number of benzene rings is 1. The van der Waals surface area contributed by atoms with Gasteiger partial charge in [0.25, 0.3) is 0 Å². The van der Waals surface area contributed by atoms with Crippen molar-refractivity contribution in [2.45, 2.75) is 32.6 Å². The Morgan fingerprint density at radius 3 is 2.63 bits per heavy atom. The highest BCUT2D eigenvalue weighted by atomic mass is 16.5. The predicted molar refractivity (Wildman–Crippen MR) is 106 cm³/mol. The molecule has 1 unspecified atom stereocenters. The topological polar surface area (TPSA) is 61.9 Å². The number of morpholine rings is 1. The van der Waals surface area contributed by atoms with Gasteiger partial charge < -0.3 is 15.0 Å². The van der Waals surface area contributed by atoms with E-state index >= 15 is 0 Å². The summed E-state index contributed by atoms with van der Waals surface area (Å²) in [6.45, 7) is 11.7. The fourth-order valence-corrected chi connectivity index (χ4v) is 3.77. The SMILES string of the molecule is CC(C)(C)c1ccccc1N1CC(C(=O)NCCN2CCOCC2)CC1=O. The Kier molecular flexibility index (Phi) is 6.17. The van der Waals surface area contributed by atoms with Crippen LogP contribution in [0, 0.1) is 5.92 Å². The normalized spacial score (nSPS) is 21.5. The number of carbonyl (C=O) groups excluding carboxylic acids is 2. The molecule has 1 aromatic rings. The maximum Gasteiger partial charge on any atom is 0.227 e. The number of rotatable bonds is 5. The zero-order valence-electron chi connectivity index (χ0n) is 16.7. The third kappa shape index (κ3) is 4.87. The number of para-hydroxylation sites is 1. The Bertz CT molecular complexity index is 677. The van der Waals surface area contributed by atoms with Crippen LogP contribution in [0.3, 0.4) is 0 Å². The molecule has 0 aromatic heterocycles. The second-order valence-corrected chi connectivity index (χ2v) is 8.42. The molecular formula is C21H31N3O3. The molecule has 0 spiro atoms. The number of ether oxygens (including phenoxy) is 1. The van der Waals surface area contributed by atoms with Gasteiger partial charge in [-0.15, -0.1) is 0 Å². The van der Waals surface area contributed by atoms with Crippen LogP contribution in [0.15, 0.2) is 24.3 Å². The summed E-state index contributed by atoms with van der Waals surface area (Å²) in [5.41, 5.74) is 2.00. The van der Waals surface area contributed by atoms with Crippen molar-refractivity contribution in [2.75, 3.05) is 50.8 Å². The minimum Gasteiger partial charge on any atom is -0.379 e. The zero-order chi connectivity index (χ0) is 19.4. The lowest BCUT2D eigenvalue weighted by Gasteiger charge is -2.28. The molecular weight excluding hydrogens is 342 g/mol. The number of hydrogen-bond donors (Lipinski definition) is 1. The molecule has 1 aromatic carbocycles. The molecule has 6 nitrogen and oxygen atoms in total. The highest BCUT2D eigenvalue weighted by Gasteiger charge is 2.36. The van der Waals surface area contributed by atoms with Crippen molar-refractivity contribution >= 4 is 17.5 Å². The first-order chi connectivity index (χ1) is 12.9. The number of carbonyl (C=O) groups is 2. The lowest BCUT2D eigenvalue weighted by molar-refractivity contribution is -0.126. The third-order valence-electron chi connectivity index (χ3n) is 5.33. The Labute approximate surface area is 161 Å². The Balaban J connectivity index is 1.58. The number of hydrogen-bond acceptors (Lipinski definition) is 4. The van der Waals surface area contributed by atoms with Gasteiger partial charge in [0.05, 0.1) is 19.1 Å².